The first-order chi connectivity index (χ1) is 11.7. The molecule has 0 spiro atoms. The lowest BCUT2D eigenvalue weighted by Crippen LogP contribution is -2.51. The number of hydrogen-bond donors (Lipinski definition) is 1. The molecule has 3 aliphatic heterocycles. The number of nitrogens with one attached hydrogen (secondary N) is 1. The zero-order valence-corrected chi connectivity index (χ0v) is 14.8. The van der Waals surface area contributed by atoms with E-state index in [9.17, 15) is 9.18 Å². The number of fused-ring (bicyclic) bond motifs is 3. The van der Waals surface area contributed by atoms with Gasteiger partial charge in [-0.2, -0.15) is 0 Å². The summed E-state index contributed by atoms with van der Waals surface area (Å²) in [6.07, 6.45) is 2.28. The number of halogens is 2. The van der Waals surface area contributed by atoms with Crippen molar-refractivity contribution in [1.29, 1.82) is 0 Å². The second kappa shape index (κ2) is 7.54. The summed E-state index contributed by atoms with van der Waals surface area (Å²) in [7, 11) is 0. The molecular weight excluding hydrogens is 339 g/mol. The fraction of sp³-hybridized carbons (Fsp3) is 0.350. The summed E-state index contributed by atoms with van der Waals surface area (Å²) in [6, 6.07) is 14.2. The molecule has 1 atom stereocenters. The molecule has 5 rings (SSSR count). The van der Waals surface area contributed by atoms with E-state index in [1.807, 2.05) is 24.3 Å². The third kappa shape index (κ3) is 3.86. The van der Waals surface area contributed by atoms with Crippen molar-refractivity contribution in [2.45, 2.75) is 12.8 Å². The highest BCUT2D eigenvalue weighted by Crippen LogP contribution is 2.33. The molecule has 2 bridgehead atoms. The van der Waals surface area contributed by atoms with Crippen molar-refractivity contribution >= 4 is 24.0 Å². The van der Waals surface area contributed by atoms with Crippen LogP contribution in [-0.4, -0.2) is 30.4 Å². The summed E-state index contributed by atoms with van der Waals surface area (Å²) in [6.45, 7) is 3.17. The highest BCUT2D eigenvalue weighted by atomic mass is 35.5. The number of benzene rings is 2. The minimum absolute atomic E-state index is 0. The van der Waals surface area contributed by atoms with E-state index >= 15 is 0 Å². The maximum absolute atomic E-state index is 13.0. The fourth-order valence-corrected chi connectivity index (χ4v) is 3.89. The van der Waals surface area contributed by atoms with Gasteiger partial charge < -0.3 is 10.2 Å². The SMILES string of the molecule is Cl.O=C(Nc1ccc(-c2ccc(F)cc2)cc1)C1CN2CCC1CC2. The van der Waals surface area contributed by atoms with E-state index in [-0.39, 0.29) is 30.0 Å². The number of hydrogen-bond acceptors (Lipinski definition) is 2. The van der Waals surface area contributed by atoms with Crippen LogP contribution in [0.1, 0.15) is 12.8 Å². The highest BCUT2D eigenvalue weighted by Gasteiger charge is 2.38. The van der Waals surface area contributed by atoms with Crippen molar-refractivity contribution in [3.63, 3.8) is 0 Å². The van der Waals surface area contributed by atoms with Gasteiger partial charge >= 0.3 is 0 Å². The van der Waals surface area contributed by atoms with Gasteiger partial charge in [0.25, 0.3) is 0 Å². The van der Waals surface area contributed by atoms with Crippen molar-refractivity contribution in [2.75, 3.05) is 25.0 Å². The van der Waals surface area contributed by atoms with E-state index in [0.717, 1.165) is 49.3 Å². The Balaban J connectivity index is 0.00000182. The molecule has 0 aliphatic carbocycles. The maximum Gasteiger partial charge on any atom is 0.229 e. The minimum atomic E-state index is -0.236. The van der Waals surface area contributed by atoms with Crippen LogP contribution in [0.4, 0.5) is 10.1 Å². The van der Waals surface area contributed by atoms with Crippen molar-refractivity contribution in [3.8, 4) is 11.1 Å². The van der Waals surface area contributed by atoms with Gasteiger partial charge in [-0.1, -0.05) is 24.3 Å². The van der Waals surface area contributed by atoms with Crippen LogP contribution in [0.25, 0.3) is 11.1 Å². The number of anilines is 1. The first kappa shape index (κ1) is 17.9. The van der Waals surface area contributed by atoms with Crippen LogP contribution in [0.2, 0.25) is 0 Å². The molecule has 132 valence electrons. The topological polar surface area (TPSA) is 32.3 Å². The molecule has 3 nitrogen and oxygen atoms in total. The summed E-state index contributed by atoms with van der Waals surface area (Å²) in [4.78, 5) is 15.0. The average molecular weight is 361 g/mol. The fourth-order valence-electron chi connectivity index (χ4n) is 3.89. The van der Waals surface area contributed by atoms with E-state index in [1.165, 1.54) is 12.1 Å². The van der Waals surface area contributed by atoms with E-state index in [4.69, 9.17) is 0 Å². The lowest BCUT2D eigenvalue weighted by molar-refractivity contribution is -0.125. The average Bonchev–Trinajstić information content (AvgIpc) is 2.64. The van der Waals surface area contributed by atoms with E-state index in [0.29, 0.717) is 5.92 Å². The predicted octanol–water partition coefficient (Wildman–Crippen LogP) is 4.19. The van der Waals surface area contributed by atoms with Gasteiger partial charge in [0, 0.05) is 12.2 Å². The number of carbonyl (C=O) groups excluding carboxylic acids is 1. The van der Waals surface area contributed by atoms with Crippen LogP contribution < -0.4 is 5.32 Å². The maximum atomic E-state index is 13.0. The first-order valence-corrected chi connectivity index (χ1v) is 8.58. The zero-order valence-electron chi connectivity index (χ0n) is 14.0. The van der Waals surface area contributed by atoms with Crippen molar-refractivity contribution in [1.82, 2.24) is 4.90 Å². The van der Waals surface area contributed by atoms with Crippen LogP contribution in [0.15, 0.2) is 48.5 Å². The van der Waals surface area contributed by atoms with E-state index in [1.54, 1.807) is 12.1 Å². The molecule has 0 radical (unpaired) electrons. The second-order valence-corrected chi connectivity index (χ2v) is 6.82. The monoisotopic (exact) mass is 360 g/mol. The van der Waals surface area contributed by atoms with Gasteiger partial charge in [0.05, 0.1) is 5.92 Å². The Labute approximate surface area is 153 Å². The number of amides is 1. The number of piperidine rings is 3. The minimum Gasteiger partial charge on any atom is -0.326 e. The van der Waals surface area contributed by atoms with Crippen molar-refractivity contribution in [3.05, 3.63) is 54.3 Å². The normalized spacial score (nSPS) is 24.4. The van der Waals surface area contributed by atoms with Crippen LogP contribution in [0, 0.1) is 17.7 Å². The Hall–Kier alpha value is -1.91. The Kier molecular flexibility index (Phi) is 5.40. The molecule has 3 fully saturated rings. The van der Waals surface area contributed by atoms with Crippen molar-refractivity contribution < 1.29 is 9.18 Å². The zero-order chi connectivity index (χ0) is 16.5. The lowest BCUT2D eigenvalue weighted by atomic mass is 9.78. The van der Waals surface area contributed by atoms with Crippen molar-refractivity contribution in [2.24, 2.45) is 11.8 Å². The smallest absolute Gasteiger partial charge is 0.229 e. The number of rotatable bonds is 3. The molecule has 3 heterocycles. The highest BCUT2D eigenvalue weighted by molar-refractivity contribution is 5.93. The Morgan fingerprint density at radius 2 is 1.52 bits per heavy atom. The molecule has 2 aromatic rings. The summed E-state index contributed by atoms with van der Waals surface area (Å²) in [5.41, 5.74) is 2.80. The summed E-state index contributed by atoms with van der Waals surface area (Å²) in [5, 5.41) is 3.06. The molecule has 1 amide bonds. The van der Waals surface area contributed by atoms with E-state index < -0.39 is 0 Å². The number of carbonyl (C=O) groups is 1. The molecule has 1 unspecified atom stereocenters. The Morgan fingerprint density at radius 1 is 0.960 bits per heavy atom. The van der Waals surface area contributed by atoms with Crippen LogP contribution in [0.3, 0.4) is 0 Å². The predicted molar refractivity (Wildman–Crippen MR) is 100 cm³/mol. The molecule has 2 aromatic carbocycles. The largest absolute Gasteiger partial charge is 0.326 e. The van der Waals surface area contributed by atoms with Gasteiger partial charge in [0.2, 0.25) is 5.91 Å². The molecular formula is C20H22ClFN2O. The third-order valence-corrected chi connectivity index (χ3v) is 5.32. The Bertz CT molecular complexity index is 724. The summed E-state index contributed by atoms with van der Waals surface area (Å²) < 4.78 is 13.0. The quantitative estimate of drug-likeness (QED) is 0.889. The molecule has 3 saturated heterocycles. The second-order valence-electron chi connectivity index (χ2n) is 6.82. The third-order valence-electron chi connectivity index (χ3n) is 5.32. The van der Waals surface area contributed by atoms with Gasteiger partial charge in [0.1, 0.15) is 5.82 Å². The van der Waals surface area contributed by atoms with Crippen LogP contribution >= 0.6 is 12.4 Å². The van der Waals surface area contributed by atoms with Crippen LogP contribution in [0.5, 0.6) is 0 Å². The lowest BCUT2D eigenvalue weighted by Gasteiger charge is -2.43. The molecule has 5 heteroatoms. The molecule has 25 heavy (non-hydrogen) atoms. The molecule has 0 aromatic heterocycles. The summed E-state index contributed by atoms with van der Waals surface area (Å²) >= 11 is 0. The number of nitrogens with zero attached hydrogens (tertiary/aromatic N) is 1. The first-order valence-electron chi connectivity index (χ1n) is 8.58. The van der Waals surface area contributed by atoms with Crippen LogP contribution in [-0.2, 0) is 4.79 Å². The summed E-state index contributed by atoms with van der Waals surface area (Å²) in [5.74, 6) is 0.553. The standard InChI is InChI=1S/C20H21FN2O.ClH/c21-17-5-1-14(2-6-17)15-3-7-18(8-4-15)22-20(24)19-13-23-11-9-16(19)10-12-23;/h1-8,16,19H,9-13H2,(H,22,24);1H. The van der Waals surface area contributed by atoms with Gasteiger partial charge in [-0.05, 0) is 67.2 Å². The van der Waals surface area contributed by atoms with Gasteiger partial charge in [0.15, 0.2) is 0 Å². The van der Waals surface area contributed by atoms with Gasteiger partial charge in [-0.3, -0.25) is 4.79 Å². The van der Waals surface area contributed by atoms with E-state index in [2.05, 4.69) is 10.2 Å². The molecule has 1 N–H and O–H groups in total. The Morgan fingerprint density at radius 3 is 2.04 bits per heavy atom. The van der Waals surface area contributed by atoms with Gasteiger partial charge in [-0.25, -0.2) is 4.39 Å². The molecule has 0 saturated carbocycles. The molecule has 3 aliphatic rings. The van der Waals surface area contributed by atoms with Gasteiger partial charge in [-0.15, -0.1) is 12.4 Å².